The Morgan fingerprint density at radius 1 is 1.04 bits per heavy atom. The van der Waals surface area contributed by atoms with Gasteiger partial charge in [0.15, 0.2) is 0 Å². The fraction of sp³-hybridized carbons (Fsp3) is 0.632. The van der Waals surface area contributed by atoms with Crippen LogP contribution in [0, 0.1) is 0 Å². The summed E-state index contributed by atoms with van der Waals surface area (Å²) in [4.78, 5) is 11.9. The molecule has 0 aliphatic heterocycles. The monoisotopic (exact) mass is 368 g/mol. The van der Waals surface area contributed by atoms with Gasteiger partial charge in [0, 0.05) is 18.7 Å². The van der Waals surface area contributed by atoms with E-state index in [4.69, 9.17) is 0 Å². The van der Waals surface area contributed by atoms with Crippen molar-refractivity contribution in [1.82, 2.24) is 4.72 Å². The molecular weight excluding hydrogens is 336 g/mol. The highest BCUT2D eigenvalue weighted by molar-refractivity contribution is 7.90. The minimum absolute atomic E-state index is 0.0417. The Morgan fingerprint density at radius 3 is 2.24 bits per heavy atom. The van der Waals surface area contributed by atoms with Crippen molar-refractivity contribution in [3.63, 3.8) is 0 Å². The molecule has 0 saturated heterocycles. The van der Waals surface area contributed by atoms with Crippen LogP contribution in [0.2, 0.25) is 0 Å². The van der Waals surface area contributed by atoms with E-state index in [9.17, 15) is 13.2 Å². The van der Waals surface area contributed by atoms with Crippen LogP contribution in [-0.2, 0) is 21.2 Å². The van der Waals surface area contributed by atoms with Gasteiger partial charge in [-0.2, -0.15) is 0 Å². The molecule has 0 atom stereocenters. The van der Waals surface area contributed by atoms with Crippen LogP contribution in [0.4, 0.5) is 5.69 Å². The molecule has 0 saturated carbocycles. The number of hydrogen-bond acceptors (Lipinski definition) is 3. The van der Waals surface area contributed by atoms with E-state index in [1.807, 2.05) is 24.3 Å². The van der Waals surface area contributed by atoms with E-state index >= 15 is 0 Å². The van der Waals surface area contributed by atoms with Gasteiger partial charge in [0.25, 0.3) is 0 Å². The van der Waals surface area contributed by atoms with E-state index in [-0.39, 0.29) is 5.91 Å². The lowest BCUT2D eigenvalue weighted by Gasteiger charge is -2.19. The molecule has 142 valence electrons. The smallest absolute Gasteiger partial charge is 0.224 e. The van der Waals surface area contributed by atoms with Crippen molar-refractivity contribution in [3.8, 4) is 0 Å². The molecule has 0 aromatic heterocycles. The van der Waals surface area contributed by atoms with E-state index in [1.165, 1.54) is 18.4 Å². The van der Waals surface area contributed by atoms with E-state index in [2.05, 4.69) is 17.0 Å². The first-order chi connectivity index (χ1) is 11.7. The standard InChI is InChI=1S/C19H32N2O3S/c1-5-6-9-16-11-13-17(14-12-16)21-18(22)10-7-8-15-20-25(23,24)19(2,3)4/h11-14,20H,5-10,15H2,1-4H3,(H,21,22). The molecule has 0 bridgehead atoms. The summed E-state index contributed by atoms with van der Waals surface area (Å²) in [5.74, 6) is -0.0417. The summed E-state index contributed by atoms with van der Waals surface area (Å²) in [7, 11) is -3.31. The predicted molar refractivity (Wildman–Crippen MR) is 104 cm³/mol. The van der Waals surface area contributed by atoms with Crippen molar-refractivity contribution in [2.45, 2.75) is 71.0 Å². The number of amides is 1. The van der Waals surface area contributed by atoms with Gasteiger partial charge in [-0.25, -0.2) is 13.1 Å². The molecule has 6 heteroatoms. The Balaban J connectivity index is 2.27. The molecule has 0 aliphatic rings. The average molecular weight is 369 g/mol. The first-order valence-corrected chi connectivity index (χ1v) is 10.5. The molecule has 25 heavy (non-hydrogen) atoms. The first kappa shape index (κ1) is 21.6. The summed E-state index contributed by atoms with van der Waals surface area (Å²) in [5, 5.41) is 2.88. The van der Waals surface area contributed by atoms with Crippen molar-refractivity contribution in [2.24, 2.45) is 0 Å². The molecule has 0 aliphatic carbocycles. The molecular formula is C19H32N2O3S. The van der Waals surface area contributed by atoms with Gasteiger partial charge in [0.2, 0.25) is 15.9 Å². The van der Waals surface area contributed by atoms with Crippen molar-refractivity contribution in [2.75, 3.05) is 11.9 Å². The maximum absolute atomic E-state index is 11.9. The number of sulfonamides is 1. The third kappa shape index (κ3) is 8.01. The number of carbonyl (C=O) groups is 1. The van der Waals surface area contributed by atoms with E-state index in [1.54, 1.807) is 20.8 Å². The second-order valence-electron chi connectivity index (χ2n) is 7.32. The van der Waals surface area contributed by atoms with Crippen LogP contribution in [0.1, 0.15) is 65.4 Å². The zero-order chi connectivity index (χ0) is 18.9. The highest BCUT2D eigenvalue weighted by Crippen LogP contribution is 2.14. The minimum atomic E-state index is -3.31. The molecule has 1 amide bonds. The Kier molecular flexibility index (Phi) is 8.59. The molecule has 5 nitrogen and oxygen atoms in total. The van der Waals surface area contributed by atoms with Crippen LogP contribution in [0.5, 0.6) is 0 Å². The fourth-order valence-electron chi connectivity index (χ4n) is 2.19. The number of aryl methyl sites for hydroxylation is 1. The Labute approximate surface area is 152 Å². The van der Waals surface area contributed by atoms with Gasteiger partial charge < -0.3 is 5.32 Å². The maximum atomic E-state index is 11.9. The minimum Gasteiger partial charge on any atom is -0.326 e. The highest BCUT2D eigenvalue weighted by Gasteiger charge is 2.27. The van der Waals surface area contributed by atoms with Crippen molar-refractivity contribution in [3.05, 3.63) is 29.8 Å². The molecule has 1 aromatic rings. The summed E-state index contributed by atoms with van der Waals surface area (Å²) >= 11 is 0. The van der Waals surface area contributed by atoms with E-state index in [0.29, 0.717) is 25.8 Å². The van der Waals surface area contributed by atoms with Crippen LogP contribution in [0.3, 0.4) is 0 Å². The van der Waals surface area contributed by atoms with Crippen LogP contribution in [0.15, 0.2) is 24.3 Å². The predicted octanol–water partition coefficient (Wildman–Crippen LogP) is 3.86. The lowest BCUT2D eigenvalue weighted by molar-refractivity contribution is -0.116. The Morgan fingerprint density at radius 2 is 1.68 bits per heavy atom. The Bertz CT molecular complexity index is 632. The summed E-state index contributed by atoms with van der Waals surface area (Å²) in [6.45, 7) is 7.52. The molecule has 0 heterocycles. The molecule has 1 rings (SSSR count). The molecule has 1 aromatic carbocycles. The van der Waals surface area contributed by atoms with E-state index < -0.39 is 14.8 Å². The van der Waals surface area contributed by atoms with Gasteiger partial charge in [-0.05, 0) is 64.2 Å². The number of nitrogens with one attached hydrogen (secondary N) is 2. The largest absolute Gasteiger partial charge is 0.326 e. The number of carbonyl (C=O) groups excluding carboxylic acids is 1. The van der Waals surface area contributed by atoms with Crippen LogP contribution >= 0.6 is 0 Å². The topological polar surface area (TPSA) is 75.3 Å². The van der Waals surface area contributed by atoms with Crippen LogP contribution in [0.25, 0.3) is 0 Å². The average Bonchev–Trinajstić information content (AvgIpc) is 2.52. The summed E-state index contributed by atoms with van der Waals surface area (Å²) in [6.07, 6.45) is 5.07. The van der Waals surface area contributed by atoms with Gasteiger partial charge in [-0.15, -0.1) is 0 Å². The van der Waals surface area contributed by atoms with Crippen molar-refractivity contribution < 1.29 is 13.2 Å². The Hall–Kier alpha value is -1.40. The van der Waals surface area contributed by atoms with Gasteiger partial charge in [0.1, 0.15) is 0 Å². The van der Waals surface area contributed by atoms with Gasteiger partial charge in [0.05, 0.1) is 4.75 Å². The number of rotatable bonds is 10. The second-order valence-corrected chi connectivity index (χ2v) is 9.84. The summed E-state index contributed by atoms with van der Waals surface area (Å²) in [5.41, 5.74) is 2.09. The fourth-order valence-corrected chi connectivity index (χ4v) is 3.04. The lowest BCUT2D eigenvalue weighted by atomic mass is 10.1. The van der Waals surface area contributed by atoms with E-state index in [0.717, 1.165) is 12.1 Å². The maximum Gasteiger partial charge on any atom is 0.224 e. The zero-order valence-electron chi connectivity index (χ0n) is 15.9. The number of hydrogen-bond donors (Lipinski definition) is 2. The molecule has 2 N–H and O–H groups in total. The number of benzene rings is 1. The highest BCUT2D eigenvalue weighted by atomic mass is 32.2. The summed E-state index contributed by atoms with van der Waals surface area (Å²) < 4.78 is 25.6. The summed E-state index contributed by atoms with van der Waals surface area (Å²) in [6, 6.07) is 7.96. The molecule has 0 unspecified atom stereocenters. The van der Waals surface area contributed by atoms with Gasteiger partial charge >= 0.3 is 0 Å². The number of anilines is 1. The van der Waals surface area contributed by atoms with Crippen molar-refractivity contribution >= 4 is 21.6 Å². The van der Waals surface area contributed by atoms with Gasteiger partial charge in [-0.3, -0.25) is 4.79 Å². The number of unbranched alkanes of at least 4 members (excludes halogenated alkanes) is 2. The second kappa shape index (κ2) is 9.92. The molecule has 0 radical (unpaired) electrons. The lowest BCUT2D eigenvalue weighted by Crippen LogP contribution is -2.39. The quantitative estimate of drug-likeness (QED) is 0.616. The van der Waals surface area contributed by atoms with Crippen LogP contribution in [-0.4, -0.2) is 25.6 Å². The zero-order valence-corrected chi connectivity index (χ0v) is 16.7. The first-order valence-electron chi connectivity index (χ1n) is 9.03. The normalized spacial score (nSPS) is 12.2. The third-order valence-electron chi connectivity index (χ3n) is 3.99. The molecule has 0 spiro atoms. The van der Waals surface area contributed by atoms with Crippen LogP contribution < -0.4 is 10.0 Å². The third-order valence-corrected chi connectivity index (χ3v) is 6.18. The van der Waals surface area contributed by atoms with Crippen molar-refractivity contribution in [1.29, 1.82) is 0 Å². The molecule has 0 fully saturated rings. The SMILES string of the molecule is CCCCc1ccc(NC(=O)CCCCNS(=O)(=O)C(C)(C)C)cc1. The van der Waals surface area contributed by atoms with Gasteiger partial charge in [-0.1, -0.05) is 25.5 Å².